The highest BCUT2D eigenvalue weighted by atomic mass is 32.2. The van der Waals surface area contributed by atoms with Gasteiger partial charge in [0.15, 0.2) is 20.5 Å². The highest BCUT2D eigenvalue weighted by Crippen LogP contribution is 2.40. The van der Waals surface area contributed by atoms with Gasteiger partial charge in [0.05, 0.1) is 49.2 Å². The number of nitrogens with zero attached hydrogens (tertiary/aromatic N) is 2. The number of thioether (sulfide) groups is 4. The number of rotatable bonds is 56. The van der Waals surface area contributed by atoms with Gasteiger partial charge in [0.2, 0.25) is 0 Å². The van der Waals surface area contributed by atoms with Crippen LogP contribution in [-0.4, -0.2) is 89.8 Å². The fourth-order valence-electron chi connectivity index (χ4n) is 14.7. The van der Waals surface area contributed by atoms with Crippen molar-refractivity contribution in [3.8, 4) is 67.5 Å². The molecule has 7 aromatic rings. The molecular weight excluding hydrogens is 1470 g/mol. The summed E-state index contributed by atoms with van der Waals surface area (Å²) in [7, 11) is 0. The van der Waals surface area contributed by atoms with Crippen LogP contribution in [0.3, 0.4) is 0 Å². The standard InChI is InChI=1S/C96H126N4O8S4/c1-73(101)109-69-37-29-21-13-5-9-17-25-33-65-105-81-49-41-77(42-50-81)93-85-57-59-87(97-85)94(78-43-51-82(52-44-78)106-66-34-26-18-10-6-14-22-30-38-70-110-74(2)102)89-61-63-91(99-89)96(80-47-55-84(56-48-80)108-68-36-28-20-12-8-16-24-32-40-72-112-76(4)104)92-64-62-90(100-92)95(88-60-58-86(93)98-88)79-45-53-83(54-46-79)107-67-35-27-19-11-7-15-23-31-39-71-111-75(3)103/h41-64,97,100H,5-40,65-72H2,1-4H3. The molecule has 2 aliphatic rings. The minimum atomic E-state index is 0.217. The van der Waals surface area contributed by atoms with Crippen LogP contribution in [0.1, 0.15) is 282 Å². The molecule has 2 N–H and O–H groups in total. The molecule has 602 valence electrons. The third-order valence-electron chi connectivity index (χ3n) is 20.8. The number of ether oxygens (including phenoxy) is 4. The lowest BCUT2D eigenvalue weighted by atomic mass is 10.0. The molecule has 112 heavy (non-hydrogen) atoms. The van der Waals surface area contributed by atoms with Crippen LogP contribution in [0.5, 0.6) is 23.0 Å². The number of unbranched alkanes of at least 4 members (excludes halogenated alkanes) is 32. The summed E-state index contributed by atoms with van der Waals surface area (Å²) in [5, 5.41) is 0.869. The van der Waals surface area contributed by atoms with Crippen LogP contribution < -0.4 is 18.9 Å². The van der Waals surface area contributed by atoms with Crippen LogP contribution in [0, 0.1) is 0 Å². The number of aromatic nitrogens is 4. The van der Waals surface area contributed by atoms with Crippen molar-refractivity contribution in [2.45, 2.75) is 259 Å². The van der Waals surface area contributed by atoms with E-state index in [9.17, 15) is 19.2 Å². The van der Waals surface area contributed by atoms with Gasteiger partial charge in [-0.2, -0.15) is 0 Å². The Hall–Kier alpha value is -7.24. The van der Waals surface area contributed by atoms with Crippen molar-refractivity contribution in [2.24, 2.45) is 0 Å². The van der Waals surface area contributed by atoms with E-state index in [1.54, 1.807) is 27.7 Å². The first-order valence-electron chi connectivity index (χ1n) is 42.6. The fraction of sp³-hybridized carbons (Fsp3) is 0.500. The van der Waals surface area contributed by atoms with Gasteiger partial charge < -0.3 is 28.9 Å². The van der Waals surface area contributed by atoms with Crippen LogP contribution in [-0.2, 0) is 19.2 Å². The Balaban J connectivity index is 0.988. The van der Waals surface area contributed by atoms with E-state index in [1.165, 1.54) is 201 Å². The topological polar surface area (TPSA) is 163 Å². The molecule has 3 aromatic heterocycles. The average Bonchev–Trinajstić information content (AvgIpc) is 1.61. The van der Waals surface area contributed by atoms with Gasteiger partial charge in [0, 0.05) is 95.0 Å². The Morgan fingerprint density at radius 3 is 0.589 bits per heavy atom. The smallest absolute Gasteiger partial charge is 0.185 e. The van der Waals surface area contributed by atoms with E-state index >= 15 is 0 Å². The predicted molar refractivity (Wildman–Crippen MR) is 481 cm³/mol. The molecule has 2 aliphatic heterocycles. The molecule has 4 aromatic carbocycles. The summed E-state index contributed by atoms with van der Waals surface area (Å²) in [6.07, 6.45) is 51.4. The van der Waals surface area contributed by atoms with Crippen LogP contribution in [0.4, 0.5) is 0 Å². The first-order chi connectivity index (χ1) is 54.9. The normalized spacial score (nSPS) is 11.8. The number of hydrogen-bond acceptors (Lipinski definition) is 14. The average molecular weight is 1590 g/mol. The van der Waals surface area contributed by atoms with E-state index in [4.69, 9.17) is 28.9 Å². The molecule has 16 heteroatoms. The van der Waals surface area contributed by atoms with Crippen molar-refractivity contribution < 1.29 is 38.1 Å². The number of nitrogens with one attached hydrogen (secondary N) is 2. The highest BCUT2D eigenvalue weighted by molar-refractivity contribution is 8.14. The second kappa shape index (κ2) is 52.3. The van der Waals surface area contributed by atoms with E-state index < -0.39 is 0 Å². The molecule has 0 unspecified atom stereocenters. The third-order valence-corrected chi connectivity index (χ3v) is 24.4. The molecule has 0 saturated carbocycles. The van der Waals surface area contributed by atoms with Crippen molar-refractivity contribution in [1.82, 2.24) is 19.9 Å². The van der Waals surface area contributed by atoms with Gasteiger partial charge >= 0.3 is 0 Å². The molecule has 9 rings (SSSR count). The summed E-state index contributed by atoms with van der Waals surface area (Å²) >= 11 is 5.79. The first kappa shape index (κ1) is 88.7. The minimum Gasteiger partial charge on any atom is -0.494 e. The first-order valence-corrected chi connectivity index (χ1v) is 46.5. The molecule has 0 aliphatic carbocycles. The number of benzene rings is 4. The Kier molecular flexibility index (Phi) is 41.4. The lowest BCUT2D eigenvalue weighted by Crippen LogP contribution is -1.97. The zero-order chi connectivity index (χ0) is 78.4. The largest absolute Gasteiger partial charge is 0.494 e. The summed E-state index contributed by atoms with van der Waals surface area (Å²) in [4.78, 5) is 64.3. The Labute approximate surface area is 687 Å². The predicted octanol–water partition coefficient (Wildman–Crippen LogP) is 28.0. The van der Waals surface area contributed by atoms with Gasteiger partial charge in [-0.25, -0.2) is 9.97 Å². The molecule has 12 nitrogen and oxygen atoms in total. The SMILES string of the molecule is CC(=O)SCCCCCCCCCCCOc1ccc(-c2c3nc(c(-c4ccc(OCCCCCCCCCCCSC(C)=O)cc4)c4ccc([nH]4)c(-c4ccc(OCCCCCCCCCCCSC(C)=O)cc4)c4nc(c(-c5ccc(OCCCCCCCCCCCSC(C)=O)cc5)c5ccc2[nH]5)C=C4)C=C3)cc1. The molecule has 0 radical (unpaired) electrons. The lowest BCUT2D eigenvalue weighted by molar-refractivity contribution is -0.109. The van der Waals surface area contributed by atoms with Gasteiger partial charge in [-0.1, -0.05) is 275 Å². The van der Waals surface area contributed by atoms with Crippen molar-refractivity contribution >= 4 is 114 Å². The van der Waals surface area contributed by atoms with E-state index in [-0.39, 0.29) is 20.5 Å². The zero-order valence-electron chi connectivity index (χ0n) is 67.8. The second-order valence-electron chi connectivity index (χ2n) is 30.1. The second-order valence-corrected chi connectivity index (χ2v) is 35.2. The maximum absolute atomic E-state index is 11.3. The van der Waals surface area contributed by atoms with Crippen LogP contribution in [0.15, 0.2) is 121 Å². The summed E-state index contributed by atoms with van der Waals surface area (Å²) in [6.45, 7) is 9.29. The van der Waals surface area contributed by atoms with Crippen molar-refractivity contribution in [3.05, 3.63) is 144 Å². The fourth-order valence-corrected chi connectivity index (χ4v) is 17.2. The van der Waals surface area contributed by atoms with E-state index in [0.717, 1.165) is 212 Å². The summed E-state index contributed by atoms with van der Waals surface area (Å²) in [6, 6.07) is 42.9. The molecule has 0 atom stereocenters. The maximum Gasteiger partial charge on any atom is 0.185 e. The number of aromatic amines is 2. The zero-order valence-corrected chi connectivity index (χ0v) is 71.0. The van der Waals surface area contributed by atoms with Gasteiger partial charge in [0.25, 0.3) is 0 Å². The number of fused-ring (bicyclic) bond motifs is 8. The maximum atomic E-state index is 11.3. The summed E-state index contributed by atoms with van der Waals surface area (Å²) < 4.78 is 25.7. The van der Waals surface area contributed by atoms with Gasteiger partial charge in [-0.15, -0.1) is 0 Å². The molecular formula is C96H126N4O8S4. The quantitative estimate of drug-likeness (QED) is 0.0346. The Bertz CT molecular complexity index is 3660. The lowest BCUT2D eigenvalue weighted by Gasteiger charge is -2.10. The molecule has 8 bridgehead atoms. The van der Waals surface area contributed by atoms with Crippen molar-refractivity contribution in [1.29, 1.82) is 0 Å². The van der Waals surface area contributed by atoms with Crippen LogP contribution in [0.2, 0.25) is 0 Å². The number of H-pyrrole nitrogens is 2. The Morgan fingerprint density at radius 1 is 0.241 bits per heavy atom. The molecule has 0 fully saturated rings. The summed E-state index contributed by atoms with van der Waals surface area (Å²) in [5.41, 5.74) is 14.9. The highest BCUT2D eigenvalue weighted by Gasteiger charge is 2.21. The third kappa shape index (κ3) is 32.6. The van der Waals surface area contributed by atoms with Gasteiger partial charge in [0.1, 0.15) is 23.0 Å². The monoisotopic (exact) mass is 1590 g/mol. The van der Waals surface area contributed by atoms with E-state index in [2.05, 4.69) is 156 Å². The summed E-state index contributed by atoms with van der Waals surface area (Å²) in [5.74, 6) is 7.14. The number of carbonyl (C=O) groups is 4. The molecule has 0 spiro atoms. The van der Waals surface area contributed by atoms with Crippen LogP contribution in [0.25, 0.3) is 90.9 Å². The molecule has 0 amide bonds. The minimum absolute atomic E-state index is 0.217. The van der Waals surface area contributed by atoms with Crippen molar-refractivity contribution in [3.63, 3.8) is 0 Å². The van der Waals surface area contributed by atoms with Crippen LogP contribution >= 0.6 is 47.0 Å². The van der Waals surface area contributed by atoms with E-state index in [1.807, 2.05) is 0 Å². The number of carbonyl (C=O) groups excluding carboxylic acids is 4. The Morgan fingerprint density at radius 2 is 0.411 bits per heavy atom. The number of hydrogen-bond donors (Lipinski definition) is 2. The van der Waals surface area contributed by atoms with Gasteiger partial charge in [-0.3, -0.25) is 19.2 Å². The molecule has 5 heterocycles. The van der Waals surface area contributed by atoms with Crippen molar-refractivity contribution in [2.75, 3.05) is 49.4 Å². The molecule has 0 saturated heterocycles. The van der Waals surface area contributed by atoms with E-state index in [0.29, 0.717) is 26.4 Å². The van der Waals surface area contributed by atoms with Gasteiger partial charge in [-0.05, 0) is 171 Å².